The molecule has 34 heavy (non-hydrogen) atoms. The van der Waals surface area contributed by atoms with Crippen LogP contribution in [0.5, 0.6) is 5.75 Å². The summed E-state index contributed by atoms with van der Waals surface area (Å²) in [6, 6.07) is 7.21. The minimum atomic E-state index is -0.364. The highest BCUT2D eigenvalue weighted by atomic mass is 16.5. The first kappa shape index (κ1) is 28.7. The number of aromatic nitrogens is 2. The summed E-state index contributed by atoms with van der Waals surface area (Å²) >= 11 is 0. The molecule has 0 amide bonds. The standard InChI is InChI=1S/C18H21NO2.C9H11NO.C2H6/c1-10-7-8-16(9-19-10)18(20)21-17-14(5)12(3)11(2)13(4)15(17)6;1-3-9(11)8-5-4-7(2)10-6-8;1-2/h7-9H,1-6H3;4-6H,3H2,1-2H3;1-2H3. The summed E-state index contributed by atoms with van der Waals surface area (Å²) in [4.78, 5) is 31.5. The number of hydrogen-bond donors (Lipinski definition) is 0. The van der Waals surface area contributed by atoms with Gasteiger partial charge in [-0.2, -0.15) is 0 Å². The molecule has 0 aliphatic rings. The number of hydrogen-bond acceptors (Lipinski definition) is 5. The Bertz CT molecular complexity index is 1090. The zero-order chi connectivity index (χ0) is 26.0. The van der Waals surface area contributed by atoms with Crippen molar-refractivity contribution in [3.05, 3.63) is 87.0 Å². The molecule has 0 bridgehead atoms. The van der Waals surface area contributed by atoms with Gasteiger partial charge in [-0.05, 0) is 101 Å². The summed E-state index contributed by atoms with van der Waals surface area (Å²) < 4.78 is 5.64. The number of ether oxygens (including phenoxy) is 1. The molecule has 0 aliphatic carbocycles. The van der Waals surface area contributed by atoms with Crippen molar-refractivity contribution in [2.75, 3.05) is 0 Å². The second-order valence-corrected chi connectivity index (χ2v) is 8.00. The maximum Gasteiger partial charge on any atom is 0.345 e. The molecule has 3 aromatic rings. The van der Waals surface area contributed by atoms with Gasteiger partial charge in [0, 0.05) is 35.8 Å². The first-order valence-electron chi connectivity index (χ1n) is 11.7. The van der Waals surface area contributed by atoms with Crippen LogP contribution in [0.4, 0.5) is 0 Å². The molecule has 0 saturated carbocycles. The van der Waals surface area contributed by atoms with E-state index in [-0.39, 0.29) is 11.8 Å². The Morgan fingerprint density at radius 3 is 1.47 bits per heavy atom. The van der Waals surface area contributed by atoms with E-state index >= 15 is 0 Å². The summed E-state index contributed by atoms with van der Waals surface area (Å²) in [7, 11) is 0. The predicted molar refractivity (Wildman–Crippen MR) is 139 cm³/mol. The van der Waals surface area contributed by atoms with Crippen molar-refractivity contribution in [2.24, 2.45) is 0 Å². The van der Waals surface area contributed by atoms with Crippen molar-refractivity contribution in [1.82, 2.24) is 9.97 Å². The first-order chi connectivity index (χ1) is 16.1. The van der Waals surface area contributed by atoms with E-state index in [1.807, 2.05) is 66.7 Å². The highest BCUT2D eigenvalue weighted by molar-refractivity contribution is 5.95. The first-order valence-corrected chi connectivity index (χ1v) is 11.7. The zero-order valence-electron chi connectivity index (χ0n) is 22.3. The molecule has 5 nitrogen and oxygen atoms in total. The summed E-state index contributed by atoms with van der Waals surface area (Å²) in [5.74, 6) is 0.454. The van der Waals surface area contributed by atoms with Crippen LogP contribution in [0.3, 0.4) is 0 Å². The van der Waals surface area contributed by atoms with Crippen molar-refractivity contribution < 1.29 is 14.3 Å². The van der Waals surface area contributed by atoms with Crippen LogP contribution in [0, 0.1) is 48.5 Å². The number of nitrogens with zero attached hydrogens (tertiary/aromatic N) is 2. The van der Waals surface area contributed by atoms with Crippen molar-refractivity contribution >= 4 is 11.8 Å². The fourth-order valence-corrected chi connectivity index (χ4v) is 3.20. The van der Waals surface area contributed by atoms with Crippen LogP contribution in [-0.2, 0) is 0 Å². The van der Waals surface area contributed by atoms with Gasteiger partial charge in [0.2, 0.25) is 0 Å². The second-order valence-electron chi connectivity index (χ2n) is 8.00. The Kier molecular flexibility index (Phi) is 11.3. The lowest BCUT2D eigenvalue weighted by Crippen LogP contribution is -2.12. The van der Waals surface area contributed by atoms with Gasteiger partial charge in [-0.15, -0.1) is 0 Å². The summed E-state index contributed by atoms with van der Waals surface area (Å²) in [6.07, 6.45) is 3.72. The molecular formula is C29H38N2O3. The van der Waals surface area contributed by atoms with E-state index in [1.165, 1.54) is 16.7 Å². The fourth-order valence-electron chi connectivity index (χ4n) is 3.20. The van der Waals surface area contributed by atoms with Crippen LogP contribution in [0.25, 0.3) is 0 Å². The van der Waals surface area contributed by atoms with Crippen molar-refractivity contribution in [3.63, 3.8) is 0 Å². The number of ketones is 1. The van der Waals surface area contributed by atoms with Crippen LogP contribution in [0.15, 0.2) is 36.7 Å². The lowest BCUT2D eigenvalue weighted by atomic mass is 9.94. The molecular weight excluding hydrogens is 424 g/mol. The van der Waals surface area contributed by atoms with E-state index in [4.69, 9.17) is 4.74 Å². The third kappa shape index (κ3) is 7.34. The molecule has 5 heteroatoms. The maximum atomic E-state index is 12.3. The van der Waals surface area contributed by atoms with E-state index < -0.39 is 0 Å². The molecule has 2 aromatic heterocycles. The Balaban J connectivity index is 0.000000374. The second kappa shape index (κ2) is 13.4. The number of carbonyl (C=O) groups excluding carboxylic acids is 2. The molecule has 0 N–H and O–H groups in total. The molecule has 2 heterocycles. The third-order valence-electron chi connectivity index (χ3n) is 5.83. The molecule has 0 fully saturated rings. The van der Waals surface area contributed by atoms with Crippen LogP contribution in [0.2, 0.25) is 0 Å². The topological polar surface area (TPSA) is 69.2 Å². The van der Waals surface area contributed by atoms with E-state index in [0.717, 1.165) is 22.5 Å². The zero-order valence-corrected chi connectivity index (χ0v) is 22.3. The van der Waals surface area contributed by atoms with Gasteiger partial charge in [0.05, 0.1) is 5.56 Å². The smallest absolute Gasteiger partial charge is 0.345 e. The minimum absolute atomic E-state index is 0.150. The van der Waals surface area contributed by atoms with Crippen molar-refractivity contribution in [2.45, 2.75) is 75.7 Å². The van der Waals surface area contributed by atoms with Gasteiger partial charge in [-0.25, -0.2) is 4.79 Å². The van der Waals surface area contributed by atoms with E-state index in [1.54, 1.807) is 18.5 Å². The molecule has 3 rings (SSSR count). The van der Waals surface area contributed by atoms with Gasteiger partial charge in [0.25, 0.3) is 0 Å². The molecule has 0 radical (unpaired) electrons. The molecule has 0 atom stereocenters. The number of rotatable bonds is 4. The highest BCUT2D eigenvalue weighted by Crippen LogP contribution is 2.32. The monoisotopic (exact) mass is 462 g/mol. The quantitative estimate of drug-likeness (QED) is 0.234. The molecule has 1 aromatic carbocycles. The van der Waals surface area contributed by atoms with Crippen molar-refractivity contribution in [1.29, 1.82) is 0 Å². The number of benzene rings is 1. The molecule has 182 valence electrons. The summed E-state index contributed by atoms with van der Waals surface area (Å²) in [5, 5.41) is 0. The van der Waals surface area contributed by atoms with Crippen LogP contribution in [0.1, 0.15) is 87.1 Å². The van der Waals surface area contributed by atoms with Gasteiger partial charge in [0.1, 0.15) is 5.75 Å². The van der Waals surface area contributed by atoms with Crippen LogP contribution < -0.4 is 4.74 Å². The van der Waals surface area contributed by atoms with Crippen LogP contribution >= 0.6 is 0 Å². The van der Waals surface area contributed by atoms with E-state index in [2.05, 4.69) is 30.7 Å². The molecule has 0 saturated heterocycles. The lowest BCUT2D eigenvalue weighted by Gasteiger charge is -2.18. The highest BCUT2D eigenvalue weighted by Gasteiger charge is 2.17. The number of esters is 1. The van der Waals surface area contributed by atoms with Gasteiger partial charge < -0.3 is 4.74 Å². The largest absolute Gasteiger partial charge is 0.422 e. The predicted octanol–water partition coefficient (Wildman–Crippen LogP) is 7.16. The van der Waals surface area contributed by atoms with Crippen molar-refractivity contribution in [3.8, 4) is 5.75 Å². The molecule has 0 spiro atoms. The van der Waals surface area contributed by atoms with Gasteiger partial charge in [0.15, 0.2) is 5.78 Å². The van der Waals surface area contributed by atoms with Gasteiger partial charge >= 0.3 is 5.97 Å². The van der Waals surface area contributed by atoms with E-state index in [0.29, 0.717) is 23.3 Å². The average Bonchev–Trinajstić information content (AvgIpc) is 2.86. The summed E-state index contributed by atoms with van der Waals surface area (Å²) in [5.41, 5.74) is 8.62. The normalized spacial score (nSPS) is 9.82. The van der Waals surface area contributed by atoms with E-state index in [9.17, 15) is 9.59 Å². The Hall–Kier alpha value is -3.34. The minimum Gasteiger partial charge on any atom is -0.422 e. The maximum absolute atomic E-state index is 12.3. The number of aryl methyl sites for hydroxylation is 2. The lowest BCUT2D eigenvalue weighted by molar-refractivity contribution is 0.0731. The number of Topliss-reactive ketones (excluding diaryl/α,β-unsaturated/α-hetero) is 1. The Morgan fingerprint density at radius 2 is 1.09 bits per heavy atom. The molecule has 0 aliphatic heterocycles. The average molecular weight is 463 g/mol. The third-order valence-corrected chi connectivity index (χ3v) is 5.83. The van der Waals surface area contributed by atoms with Gasteiger partial charge in [-0.3, -0.25) is 14.8 Å². The SMILES string of the molecule is CC.CCC(=O)c1ccc(C)nc1.Cc1ccc(C(=O)Oc2c(C)c(C)c(C)c(C)c2C)cn1. The Labute approximate surface area is 204 Å². The van der Waals surface area contributed by atoms with Crippen LogP contribution in [-0.4, -0.2) is 21.7 Å². The Morgan fingerprint density at radius 1 is 0.676 bits per heavy atom. The fraction of sp³-hybridized carbons (Fsp3) is 0.379. The molecule has 0 unspecified atom stereocenters. The number of pyridine rings is 2. The van der Waals surface area contributed by atoms with Gasteiger partial charge in [-0.1, -0.05) is 20.8 Å². The summed E-state index contributed by atoms with van der Waals surface area (Å²) in [6.45, 7) is 19.8. The number of carbonyl (C=O) groups is 2.